The summed E-state index contributed by atoms with van der Waals surface area (Å²) in [5.74, 6) is 0.0460. The van der Waals surface area contributed by atoms with E-state index in [1.165, 1.54) is 35.4 Å². The van der Waals surface area contributed by atoms with E-state index in [0.717, 1.165) is 12.8 Å². The molecule has 0 saturated heterocycles. The summed E-state index contributed by atoms with van der Waals surface area (Å²) in [5, 5.41) is 3.06. The molecule has 130 valence electrons. The Kier molecular flexibility index (Phi) is 4.35. The molecule has 1 aliphatic carbocycles. The fourth-order valence-electron chi connectivity index (χ4n) is 3.18. The Morgan fingerprint density at radius 1 is 1.00 bits per heavy atom. The molecule has 4 rings (SSSR count). The molecular weight excluding hydrogens is 331 g/mol. The van der Waals surface area contributed by atoms with Crippen LogP contribution < -0.4 is 10.1 Å². The van der Waals surface area contributed by atoms with Gasteiger partial charge >= 0.3 is 0 Å². The minimum Gasteiger partial charge on any atom is -0.438 e. The molecule has 0 aliphatic heterocycles. The van der Waals surface area contributed by atoms with Gasteiger partial charge in [0.1, 0.15) is 17.1 Å². The summed E-state index contributed by atoms with van der Waals surface area (Å²) in [6.45, 7) is 0. The molecule has 0 bridgehead atoms. The number of benzene rings is 2. The standard InChI is InChI=1S/C21H17FN2O2/c22-16-7-9-18(10-8-16)26-21-19(6-3-11-23-21)20(25)24-17-12-14-4-1-2-5-15(14)13-17/h1-11,17H,12-13H2,(H,24,25). The fraction of sp³-hybridized carbons (Fsp3) is 0.143. The number of hydrogen-bond donors (Lipinski definition) is 1. The van der Waals surface area contributed by atoms with Crippen LogP contribution in [0.3, 0.4) is 0 Å². The quantitative estimate of drug-likeness (QED) is 0.778. The number of nitrogens with one attached hydrogen (secondary N) is 1. The molecule has 1 heterocycles. The van der Waals surface area contributed by atoms with Gasteiger partial charge in [0.05, 0.1) is 0 Å². The van der Waals surface area contributed by atoms with Crippen LogP contribution in [0.2, 0.25) is 0 Å². The minimum atomic E-state index is -0.350. The Hall–Kier alpha value is -3.21. The maximum absolute atomic E-state index is 13.0. The molecule has 1 amide bonds. The van der Waals surface area contributed by atoms with Crippen molar-refractivity contribution in [3.05, 3.63) is 89.4 Å². The average Bonchev–Trinajstić information content (AvgIpc) is 3.06. The molecule has 0 unspecified atom stereocenters. The highest BCUT2D eigenvalue weighted by molar-refractivity contribution is 5.96. The van der Waals surface area contributed by atoms with Crippen molar-refractivity contribution in [3.8, 4) is 11.6 Å². The third-order valence-electron chi connectivity index (χ3n) is 4.43. The summed E-state index contributed by atoms with van der Waals surface area (Å²) < 4.78 is 18.7. The zero-order chi connectivity index (χ0) is 17.9. The van der Waals surface area contributed by atoms with E-state index in [9.17, 15) is 9.18 Å². The Bertz CT molecular complexity index is 916. The molecule has 0 saturated carbocycles. The Labute approximate surface area is 150 Å². The van der Waals surface area contributed by atoms with Crippen molar-refractivity contribution in [1.82, 2.24) is 10.3 Å². The van der Waals surface area contributed by atoms with Crippen molar-refractivity contribution in [1.29, 1.82) is 0 Å². The van der Waals surface area contributed by atoms with Gasteiger partial charge in [0.25, 0.3) is 5.91 Å². The van der Waals surface area contributed by atoms with Crippen LogP contribution in [0.5, 0.6) is 11.6 Å². The Morgan fingerprint density at radius 3 is 2.38 bits per heavy atom. The molecular formula is C21H17FN2O2. The molecule has 1 N–H and O–H groups in total. The van der Waals surface area contributed by atoms with Crippen molar-refractivity contribution in [2.45, 2.75) is 18.9 Å². The molecule has 4 nitrogen and oxygen atoms in total. The number of amides is 1. The van der Waals surface area contributed by atoms with Gasteiger partial charge in [0, 0.05) is 12.2 Å². The van der Waals surface area contributed by atoms with Crippen LogP contribution in [0.1, 0.15) is 21.5 Å². The maximum atomic E-state index is 13.0. The lowest BCUT2D eigenvalue weighted by Crippen LogP contribution is -2.35. The van der Waals surface area contributed by atoms with Crippen LogP contribution in [-0.2, 0) is 12.8 Å². The number of carbonyl (C=O) groups is 1. The normalized spacial score (nSPS) is 13.3. The number of fused-ring (bicyclic) bond motifs is 1. The number of halogens is 1. The third kappa shape index (κ3) is 3.42. The highest BCUT2D eigenvalue weighted by atomic mass is 19.1. The summed E-state index contributed by atoms with van der Waals surface area (Å²) >= 11 is 0. The van der Waals surface area contributed by atoms with E-state index >= 15 is 0 Å². The number of aromatic nitrogens is 1. The molecule has 1 aromatic heterocycles. The molecule has 5 heteroatoms. The predicted octanol–water partition coefficient (Wildman–Crippen LogP) is 3.91. The van der Waals surface area contributed by atoms with E-state index in [1.54, 1.807) is 18.3 Å². The van der Waals surface area contributed by atoms with Crippen molar-refractivity contribution >= 4 is 5.91 Å². The first-order chi connectivity index (χ1) is 12.7. The second-order valence-corrected chi connectivity index (χ2v) is 6.26. The van der Waals surface area contributed by atoms with Gasteiger partial charge in [0.15, 0.2) is 0 Å². The summed E-state index contributed by atoms with van der Waals surface area (Å²) in [6.07, 6.45) is 3.19. The van der Waals surface area contributed by atoms with Gasteiger partial charge in [-0.15, -0.1) is 0 Å². The Balaban J connectivity index is 1.49. The predicted molar refractivity (Wildman–Crippen MR) is 95.8 cm³/mol. The number of ether oxygens (including phenoxy) is 1. The topological polar surface area (TPSA) is 51.2 Å². The molecule has 1 aliphatic rings. The average molecular weight is 348 g/mol. The van der Waals surface area contributed by atoms with Crippen LogP contribution in [-0.4, -0.2) is 16.9 Å². The van der Waals surface area contributed by atoms with Gasteiger partial charge in [-0.25, -0.2) is 9.37 Å². The number of rotatable bonds is 4. The smallest absolute Gasteiger partial charge is 0.257 e. The highest BCUT2D eigenvalue weighted by Gasteiger charge is 2.24. The lowest BCUT2D eigenvalue weighted by atomic mass is 10.1. The van der Waals surface area contributed by atoms with Gasteiger partial charge < -0.3 is 10.1 Å². The monoisotopic (exact) mass is 348 g/mol. The van der Waals surface area contributed by atoms with Gasteiger partial charge in [-0.3, -0.25) is 4.79 Å². The second-order valence-electron chi connectivity index (χ2n) is 6.26. The lowest BCUT2D eigenvalue weighted by molar-refractivity contribution is 0.0935. The first-order valence-corrected chi connectivity index (χ1v) is 8.45. The maximum Gasteiger partial charge on any atom is 0.257 e. The van der Waals surface area contributed by atoms with Crippen molar-refractivity contribution in [2.75, 3.05) is 0 Å². The van der Waals surface area contributed by atoms with Crippen LogP contribution in [0.25, 0.3) is 0 Å². The second kappa shape index (κ2) is 6.96. The molecule has 0 radical (unpaired) electrons. The zero-order valence-corrected chi connectivity index (χ0v) is 14.0. The van der Waals surface area contributed by atoms with E-state index < -0.39 is 0 Å². The van der Waals surface area contributed by atoms with E-state index in [-0.39, 0.29) is 23.6 Å². The van der Waals surface area contributed by atoms with E-state index in [2.05, 4.69) is 22.4 Å². The molecule has 26 heavy (non-hydrogen) atoms. The molecule has 3 aromatic rings. The van der Waals surface area contributed by atoms with Crippen LogP contribution >= 0.6 is 0 Å². The molecule has 0 atom stereocenters. The van der Waals surface area contributed by atoms with E-state index in [0.29, 0.717) is 11.3 Å². The minimum absolute atomic E-state index is 0.0544. The van der Waals surface area contributed by atoms with Crippen molar-refractivity contribution < 1.29 is 13.9 Å². The van der Waals surface area contributed by atoms with E-state index in [4.69, 9.17) is 4.74 Å². The first-order valence-electron chi connectivity index (χ1n) is 8.45. The third-order valence-corrected chi connectivity index (χ3v) is 4.43. The Morgan fingerprint density at radius 2 is 1.69 bits per heavy atom. The SMILES string of the molecule is O=C(NC1Cc2ccccc2C1)c1cccnc1Oc1ccc(F)cc1. The van der Waals surface area contributed by atoms with Gasteiger partial charge in [0.2, 0.25) is 5.88 Å². The zero-order valence-electron chi connectivity index (χ0n) is 14.0. The van der Waals surface area contributed by atoms with Crippen LogP contribution in [0.4, 0.5) is 4.39 Å². The summed E-state index contributed by atoms with van der Waals surface area (Å²) in [6, 6.07) is 17.2. The summed E-state index contributed by atoms with van der Waals surface area (Å²) in [4.78, 5) is 16.9. The van der Waals surface area contributed by atoms with Gasteiger partial charge in [-0.2, -0.15) is 0 Å². The van der Waals surface area contributed by atoms with Crippen molar-refractivity contribution in [2.24, 2.45) is 0 Å². The lowest BCUT2D eigenvalue weighted by Gasteiger charge is -2.14. The summed E-state index contributed by atoms with van der Waals surface area (Å²) in [5.41, 5.74) is 2.89. The van der Waals surface area contributed by atoms with Crippen LogP contribution in [0.15, 0.2) is 66.9 Å². The van der Waals surface area contributed by atoms with Crippen LogP contribution in [0, 0.1) is 5.82 Å². The number of nitrogens with zero attached hydrogens (tertiary/aromatic N) is 1. The van der Waals surface area contributed by atoms with Gasteiger partial charge in [-0.05, 0) is 60.4 Å². The number of pyridine rings is 1. The summed E-state index contributed by atoms with van der Waals surface area (Å²) in [7, 11) is 0. The first kappa shape index (κ1) is 16.3. The fourth-order valence-corrected chi connectivity index (χ4v) is 3.18. The van der Waals surface area contributed by atoms with E-state index in [1.807, 2.05) is 12.1 Å². The number of hydrogen-bond acceptors (Lipinski definition) is 3. The molecule has 2 aromatic carbocycles. The molecule has 0 fully saturated rings. The molecule has 0 spiro atoms. The van der Waals surface area contributed by atoms with Crippen molar-refractivity contribution in [3.63, 3.8) is 0 Å². The number of carbonyl (C=O) groups excluding carboxylic acids is 1. The van der Waals surface area contributed by atoms with Gasteiger partial charge in [-0.1, -0.05) is 24.3 Å². The highest BCUT2D eigenvalue weighted by Crippen LogP contribution is 2.25. The largest absolute Gasteiger partial charge is 0.438 e.